The fourth-order valence-corrected chi connectivity index (χ4v) is 9.40. The number of primary amides is 1. The predicted octanol–water partition coefficient (Wildman–Crippen LogP) is -8.88. The molecule has 2 aromatic rings. The SMILES string of the molecule is C[C@H](NC(=O)CNC(=O)[C@@H](NC(=O)[C@H](Cc1ccccc1)N(C)C(=O)CNC(=O)CNC(=O)[C@@H](N)Cc1ccccc1)[C@@H](C)O)C(=O)N[C@@H](CCCN=C(N)N)C(=O)N[C@@H](CCCCN)C(=O)N[C@@H](CO)C(=O)N[C@@H](C)C(=O)N[C@@H](CCCN=C(N)N)C(=O)N[C@@H](CCCCN)C(N)=O. The van der Waals surface area contributed by atoms with Gasteiger partial charge in [-0.1, -0.05) is 60.7 Å². The second-order valence-corrected chi connectivity index (χ2v) is 23.3. The first-order chi connectivity index (χ1) is 46.9. The molecule has 0 aliphatic carbocycles. The number of aliphatic imine (C=N–C) groups is 2. The third kappa shape index (κ3) is 33.6. The van der Waals surface area contributed by atoms with Crippen molar-refractivity contribution in [2.24, 2.45) is 55.9 Å². The minimum absolute atomic E-state index is 0.0248. The summed E-state index contributed by atoms with van der Waals surface area (Å²) in [6.07, 6.45) is 0.268. The Balaban J connectivity index is 2.20. The van der Waals surface area contributed by atoms with E-state index in [2.05, 4.69) is 68.5 Å². The molecule has 0 fully saturated rings. The van der Waals surface area contributed by atoms with E-state index in [1.807, 2.05) is 6.07 Å². The Bertz CT molecular complexity index is 3030. The minimum Gasteiger partial charge on any atom is -0.394 e. The molecule has 0 saturated carbocycles. The molecule has 2 aromatic carbocycles. The molecule has 550 valence electrons. The van der Waals surface area contributed by atoms with Gasteiger partial charge in [-0.3, -0.25) is 72.3 Å². The summed E-state index contributed by atoms with van der Waals surface area (Å²) in [5, 5.41) is 47.8. The number of amides is 13. The van der Waals surface area contributed by atoms with Crippen molar-refractivity contribution < 1.29 is 72.5 Å². The van der Waals surface area contributed by atoms with Gasteiger partial charge in [0.2, 0.25) is 76.8 Å². The van der Waals surface area contributed by atoms with Gasteiger partial charge >= 0.3 is 0 Å². The fraction of sp³-hybridized carbons (Fsp3) is 0.565. The van der Waals surface area contributed by atoms with Crippen molar-refractivity contribution in [3.05, 3.63) is 71.8 Å². The lowest BCUT2D eigenvalue weighted by Crippen LogP contribution is -2.60. The lowest BCUT2D eigenvalue weighted by molar-refractivity contribution is -0.141. The van der Waals surface area contributed by atoms with E-state index in [-0.39, 0.29) is 89.3 Å². The van der Waals surface area contributed by atoms with Crippen LogP contribution >= 0.6 is 0 Å². The monoisotopic (exact) mass is 1390 g/mol. The quantitative estimate of drug-likeness (QED) is 0.0166. The first-order valence-corrected chi connectivity index (χ1v) is 32.3. The second kappa shape index (κ2) is 46.2. The zero-order chi connectivity index (χ0) is 74.1. The van der Waals surface area contributed by atoms with Gasteiger partial charge in [-0.25, -0.2) is 0 Å². The molecule has 0 bridgehead atoms. The van der Waals surface area contributed by atoms with Crippen molar-refractivity contribution in [2.45, 2.75) is 164 Å². The average Bonchev–Trinajstić information content (AvgIpc) is 0.867. The number of hydrogen-bond acceptors (Lipinski definition) is 20. The first-order valence-electron chi connectivity index (χ1n) is 32.3. The molecule has 0 aliphatic rings. The van der Waals surface area contributed by atoms with Crippen LogP contribution in [0.1, 0.15) is 96.1 Å². The Morgan fingerprint density at radius 1 is 0.455 bits per heavy atom. The number of benzene rings is 2. The molecule has 29 N–H and O–H groups in total. The summed E-state index contributed by atoms with van der Waals surface area (Å²) in [6, 6.07) is 3.57. The molecule has 11 atom stereocenters. The second-order valence-electron chi connectivity index (χ2n) is 23.3. The zero-order valence-corrected chi connectivity index (χ0v) is 56.4. The van der Waals surface area contributed by atoms with Crippen LogP contribution in [0.4, 0.5) is 0 Å². The molecule has 37 heteroatoms. The van der Waals surface area contributed by atoms with Gasteiger partial charge in [-0.2, -0.15) is 0 Å². The molecule has 2 rings (SSSR count). The summed E-state index contributed by atoms with van der Waals surface area (Å²) in [5.74, 6) is -12.0. The van der Waals surface area contributed by atoms with Crippen LogP contribution in [-0.4, -0.2) is 230 Å². The van der Waals surface area contributed by atoms with Crippen molar-refractivity contribution in [2.75, 3.05) is 59.5 Å². The van der Waals surface area contributed by atoms with Crippen LogP contribution in [0.2, 0.25) is 0 Å². The third-order valence-electron chi connectivity index (χ3n) is 15.1. The van der Waals surface area contributed by atoms with Crippen LogP contribution in [0.25, 0.3) is 0 Å². The number of nitrogens with one attached hydrogen (secondary N) is 11. The van der Waals surface area contributed by atoms with Gasteiger partial charge in [0.15, 0.2) is 11.9 Å². The van der Waals surface area contributed by atoms with Gasteiger partial charge in [-0.05, 0) is 116 Å². The van der Waals surface area contributed by atoms with E-state index in [4.69, 9.17) is 45.9 Å². The molecule has 99 heavy (non-hydrogen) atoms. The Morgan fingerprint density at radius 3 is 1.33 bits per heavy atom. The number of aliphatic hydroxyl groups is 2. The number of rotatable bonds is 47. The number of nitrogens with zero attached hydrogens (tertiary/aromatic N) is 3. The maximum atomic E-state index is 14.1. The molecule has 0 aliphatic heterocycles. The van der Waals surface area contributed by atoms with Crippen molar-refractivity contribution >= 4 is 88.7 Å². The van der Waals surface area contributed by atoms with E-state index in [0.717, 1.165) is 10.5 Å². The van der Waals surface area contributed by atoms with E-state index >= 15 is 0 Å². The largest absolute Gasteiger partial charge is 0.394 e. The Morgan fingerprint density at radius 2 is 0.869 bits per heavy atom. The summed E-state index contributed by atoms with van der Waals surface area (Å²) in [6.45, 7) is 1.27. The summed E-state index contributed by atoms with van der Waals surface area (Å²) >= 11 is 0. The van der Waals surface area contributed by atoms with Crippen molar-refractivity contribution in [1.82, 2.24) is 63.4 Å². The van der Waals surface area contributed by atoms with Crippen LogP contribution in [0.3, 0.4) is 0 Å². The number of likely N-dealkylation sites (N-methyl/N-ethyl adjacent to an activating group) is 1. The van der Waals surface area contributed by atoms with Crippen LogP contribution in [0.15, 0.2) is 70.6 Å². The smallest absolute Gasteiger partial charge is 0.245 e. The van der Waals surface area contributed by atoms with Gasteiger partial charge in [0.05, 0.1) is 38.4 Å². The molecule has 0 spiro atoms. The molecule has 0 unspecified atom stereocenters. The summed E-state index contributed by atoms with van der Waals surface area (Å²) in [7, 11) is 1.28. The first kappa shape index (κ1) is 85.0. The van der Waals surface area contributed by atoms with E-state index in [1.54, 1.807) is 54.6 Å². The van der Waals surface area contributed by atoms with Gasteiger partial charge in [0.1, 0.15) is 54.4 Å². The van der Waals surface area contributed by atoms with Gasteiger partial charge in [-0.15, -0.1) is 0 Å². The van der Waals surface area contributed by atoms with Crippen LogP contribution < -0.4 is 104 Å². The molecule has 13 amide bonds. The Labute approximate surface area is 574 Å². The number of carbonyl (C=O) groups is 13. The van der Waals surface area contributed by atoms with E-state index < -0.39 is 170 Å². The van der Waals surface area contributed by atoms with Gasteiger partial charge < -0.3 is 119 Å². The van der Waals surface area contributed by atoms with Gasteiger partial charge in [0.25, 0.3) is 0 Å². The summed E-state index contributed by atoms with van der Waals surface area (Å²) in [4.78, 5) is 183. The van der Waals surface area contributed by atoms with E-state index in [0.29, 0.717) is 31.4 Å². The number of carbonyl (C=O) groups excluding carboxylic acids is 13. The summed E-state index contributed by atoms with van der Waals surface area (Å²) < 4.78 is 0. The molecule has 0 heterocycles. The van der Waals surface area contributed by atoms with E-state index in [9.17, 15) is 72.5 Å². The lowest BCUT2D eigenvalue weighted by atomic mass is 10.0. The summed E-state index contributed by atoms with van der Waals surface area (Å²) in [5.41, 5.74) is 46.0. The third-order valence-corrected chi connectivity index (χ3v) is 15.1. The fourth-order valence-electron chi connectivity index (χ4n) is 9.40. The van der Waals surface area contributed by atoms with E-state index in [1.165, 1.54) is 27.8 Å². The molecule has 0 radical (unpaired) electrons. The highest BCUT2D eigenvalue weighted by atomic mass is 16.3. The molecular formula is C62H102N22O15. The molecule has 37 nitrogen and oxygen atoms in total. The maximum absolute atomic E-state index is 14.1. The Kier molecular flexibility index (Phi) is 39.6. The van der Waals surface area contributed by atoms with Crippen LogP contribution in [0.5, 0.6) is 0 Å². The number of unbranched alkanes of at least 4 members (excludes halogenated alkanes) is 2. The number of nitrogens with two attached hydrogens (primary N) is 8. The lowest BCUT2D eigenvalue weighted by Gasteiger charge is -2.30. The molecule has 0 saturated heterocycles. The van der Waals surface area contributed by atoms with Crippen LogP contribution in [-0.2, 0) is 75.2 Å². The zero-order valence-electron chi connectivity index (χ0n) is 56.4. The molecule has 0 aromatic heterocycles. The van der Waals surface area contributed by atoms with Crippen LogP contribution in [0, 0.1) is 0 Å². The van der Waals surface area contributed by atoms with Gasteiger partial charge in [0, 0.05) is 26.6 Å². The number of aliphatic hydroxyl groups excluding tert-OH is 2. The average molecular weight is 1400 g/mol. The van der Waals surface area contributed by atoms with Crippen molar-refractivity contribution in [3.8, 4) is 0 Å². The normalized spacial score (nSPS) is 14.2. The minimum atomic E-state index is -1.73. The van der Waals surface area contributed by atoms with Crippen molar-refractivity contribution in [3.63, 3.8) is 0 Å². The molecular weight excluding hydrogens is 1290 g/mol. The number of hydrogen-bond donors (Lipinski definition) is 21. The standard InChI is InChI=1S/C62H102N22O15/c1-35(76-48(88)32-75-60(99)50(37(3)86)83-59(98)46(30-39-19-9-6-10-20-39)84(4)49(89)33-73-47(87)31-74-54(93)40(65)29-38-17-7-5-8-18-38)52(91)79-44(24-16-28-72-62(69)70)56(95)81-42(22-12-14-26-64)57(96)82-45(34-85)58(97)77-36(2)53(92)80-43(23-15-27-71-61(67)68)55(94)78-41(51(66)90)21-11-13-25-63/h5-10,17-20,35-37,40-46,50,85-86H,11-16,21-34,63-65H2,1-4H3,(H2,66,90)(H,73,87)(H,74,93)(H,75,99)(H,76,88)(H,77,97)(H,78,94)(H,79,91)(H,80,92)(H,81,95)(H,82,96)(H,83,98)(H4,67,68,71)(H4,69,70,72)/t35-,36-,37+,40-,41-,42-,43-,44-,45-,46-,50-/m0/s1. The maximum Gasteiger partial charge on any atom is 0.245 e. The Hall–Kier alpha value is -10.1. The highest BCUT2D eigenvalue weighted by Crippen LogP contribution is 2.12. The highest BCUT2D eigenvalue weighted by molar-refractivity contribution is 5.99. The topological polar surface area (TPSA) is 631 Å². The number of guanidine groups is 2. The highest BCUT2D eigenvalue weighted by Gasteiger charge is 2.36. The predicted molar refractivity (Wildman–Crippen MR) is 364 cm³/mol. The van der Waals surface area contributed by atoms with Crippen molar-refractivity contribution in [1.29, 1.82) is 0 Å².